The molecule has 3 saturated heterocycles. The number of hydrogen-bond donors (Lipinski definition) is 1. The Hall–Kier alpha value is -2.21. The number of aromatic nitrogens is 2. The van der Waals surface area contributed by atoms with Crippen LogP contribution in [0.15, 0.2) is 36.4 Å². The summed E-state index contributed by atoms with van der Waals surface area (Å²) in [6.07, 6.45) is 7.13. The lowest BCUT2D eigenvalue weighted by Crippen LogP contribution is -2.52. The highest BCUT2D eigenvalue weighted by atomic mass is 127. The predicted octanol–water partition coefficient (Wildman–Crippen LogP) is 4.62. The van der Waals surface area contributed by atoms with E-state index in [1.807, 2.05) is 0 Å². The molecule has 0 amide bonds. The summed E-state index contributed by atoms with van der Waals surface area (Å²) in [5, 5.41) is 6.42. The fraction of sp³-hybridized carbons (Fsp3) is 0.576. The van der Waals surface area contributed by atoms with E-state index in [1.54, 1.807) is 0 Å². The maximum atomic E-state index is 6.54. The van der Waals surface area contributed by atoms with E-state index in [-0.39, 0.29) is 5.41 Å². The van der Waals surface area contributed by atoms with Crippen LogP contribution < -0.4 is 19.9 Å². The van der Waals surface area contributed by atoms with Crippen LogP contribution in [0.2, 0.25) is 0 Å². The Kier molecular flexibility index (Phi) is 7.41. The number of nitrogens with zero attached hydrogens (tertiary/aromatic N) is 5. The molecule has 5 aliphatic rings. The lowest BCUT2D eigenvalue weighted by molar-refractivity contribution is 0.0331. The molecule has 0 radical (unpaired) electrons. The first-order chi connectivity index (χ1) is 20.6. The minimum atomic E-state index is 0.275. The van der Waals surface area contributed by atoms with Crippen LogP contribution in [0, 0.1) is 8.99 Å². The Labute approximate surface area is 262 Å². The van der Waals surface area contributed by atoms with Crippen molar-refractivity contribution in [1.82, 2.24) is 20.2 Å². The van der Waals surface area contributed by atoms with Gasteiger partial charge in [-0.05, 0) is 85.2 Å². The van der Waals surface area contributed by atoms with E-state index >= 15 is 0 Å². The average Bonchev–Trinajstić information content (AvgIpc) is 3.73. The van der Waals surface area contributed by atoms with E-state index in [0.29, 0.717) is 24.7 Å². The topological polar surface area (TPSA) is 66.0 Å². The lowest BCUT2D eigenvalue weighted by atomic mass is 10.0. The van der Waals surface area contributed by atoms with Crippen LogP contribution in [-0.2, 0) is 17.7 Å². The van der Waals surface area contributed by atoms with E-state index in [2.05, 4.69) is 79.0 Å². The smallest absolute Gasteiger partial charge is 0.318 e. The summed E-state index contributed by atoms with van der Waals surface area (Å²) in [6.45, 7) is 9.46. The Morgan fingerprint density at radius 1 is 0.976 bits per heavy atom. The number of rotatable bonds is 8. The van der Waals surface area contributed by atoms with E-state index in [4.69, 9.17) is 19.4 Å². The second-order valence-corrected chi connectivity index (χ2v) is 14.2. The summed E-state index contributed by atoms with van der Waals surface area (Å²) < 4.78 is 13.4. The van der Waals surface area contributed by atoms with Gasteiger partial charge in [-0.3, -0.25) is 4.90 Å². The Morgan fingerprint density at radius 3 is 2.55 bits per heavy atom. The van der Waals surface area contributed by atoms with Gasteiger partial charge in [-0.1, -0.05) is 24.3 Å². The van der Waals surface area contributed by atoms with Crippen LogP contribution in [0.1, 0.15) is 43.4 Å². The monoisotopic (exact) mass is 680 g/mol. The number of anilines is 2. The van der Waals surface area contributed by atoms with Crippen LogP contribution in [-0.4, -0.2) is 86.0 Å². The molecule has 1 N–H and O–H groups in total. The Morgan fingerprint density at radius 2 is 1.76 bits per heavy atom. The van der Waals surface area contributed by atoms with Gasteiger partial charge in [-0.2, -0.15) is 9.97 Å². The Balaban J connectivity index is 1.06. The summed E-state index contributed by atoms with van der Waals surface area (Å²) >= 11 is 2.48. The third-order valence-electron chi connectivity index (χ3n) is 10.2. The number of hydrogen-bond acceptors (Lipinski definition) is 8. The van der Waals surface area contributed by atoms with Crippen LogP contribution in [0.25, 0.3) is 10.8 Å². The summed E-state index contributed by atoms with van der Waals surface area (Å²) in [6, 6.07) is 14.9. The van der Waals surface area contributed by atoms with Crippen molar-refractivity contribution in [3.8, 4) is 6.01 Å². The molecule has 2 unspecified atom stereocenters. The number of fused-ring (bicyclic) bond motifs is 4. The van der Waals surface area contributed by atoms with Gasteiger partial charge in [-0.25, -0.2) is 0 Å². The number of ether oxygens (including phenoxy) is 2. The highest BCUT2D eigenvalue weighted by Gasteiger charge is 2.44. The molecule has 1 aromatic heterocycles. The zero-order chi connectivity index (χ0) is 28.1. The van der Waals surface area contributed by atoms with Crippen molar-refractivity contribution >= 4 is 44.9 Å². The van der Waals surface area contributed by atoms with Crippen molar-refractivity contribution in [2.75, 3.05) is 68.9 Å². The molecule has 1 aliphatic carbocycles. The van der Waals surface area contributed by atoms with Crippen molar-refractivity contribution in [2.45, 2.75) is 57.2 Å². The molecule has 2 atom stereocenters. The highest BCUT2D eigenvalue weighted by Crippen LogP contribution is 2.49. The van der Waals surface area contributed by atoms with Crippen molar-refractivity contribution in [1.29, 1.82) is 0 Å². The van der Waals surface area contributed by atoms with Gasteiger partial charge in [0.2, 0.25) is 0 Å². The molecule has 0 spiro atoms. The van der Waals surface area contributed by atoms with Gasteiger partial charge < -0.3 is 24.6 Å². The van der Waals surface area contributed by atoms with Crippen molar-refractivity contribution in [3.63, 3.8) is 0 Å². The van der Waals surface area contributed by atoms with Gasteiger partial charge in [0.05, 0.1) is 32.1 Å². The van der Waals surface area contributed by atoms with Gasteiger partial charge in [0, 0.05) is 70.4 Å². The van der Waals surface area contributed by atoms with Gasteiger partial charge in [0.15, 0.2) is 0 Å². The summed E-state index contributed by atoms with van der Waals surface area (Å²) in [7, 11) is 0. The van der Waals surface area contributed by atoms with Gasteiger partial charge in [-0.15, -0.1) is 0 Å². The lowest BCUT2D eigenvalue weighted by Gasteiger charge is -2.37. The van der Waals surface area contributed by atoms with Crippen molar-refractivity contribution < 1.29 is 9.47 Å². The second kappa shape index (κ2) is 11.4. The Bertz CT molecular complexity index is 1440. The van der Waals surface area contributed by atoms with Crippen LogP contribution in [0.4, 0.5) is 11.5 Å². The minimum Gasteiger partial charge on any atom is -0.463 e. The van der Waals surface area contributed by atoms with Gasteiger partial charge in [0.25, 0.3) is 0 Å². The number of morpholine rings is 1. The first kappa shape index (κ1) is 27.3. The predicted molar refractivity (Wildman–Crippen MR) is 175 cm³/mol. The molecule has 9 heteroatoms. The molecule has 8 nitrogen and oxygen atoms in total. The second-order valence-electron chi connectivity index (χ2n) is 13.1. The first-order valence-corrected chi connectivity index (χ1v) is 17.0. The summed E-state index contributed by atoms with van der Waals surface area (Å²) in [5.41, 5.74) is 4.03. The third-order valence-corrected chi connectivity index (χ3v) is 11.1. The number of halogens is 1. The maximum absolute atomic E-state index is 6.54. The van der Waals surface area contributed by atoms with E-state index in [9.17, 15) is 0 Å². The largest absolute Gasteiger partial charge is 0.463 e. The highest BCUT2D eigenvalue weighted by molar-refractivity contribution is 14.1. The molecule has 2 aromatic carbocycles. The van der Waals surface area contributed by atoms with Gasteiger partial charge in [0.1, 0.15) is 5.82 Å². The standard InChI is InChI=1S/C33H41IN6O2/c34-27-5-1-3-23-4-2-6-29(30(23)27)39-13-9-26-28(21-39)36-32(37-31(26)40-19-24-7-8-25(20-40)35-24)42-22-33(10-11-33)12-14-38-15-17-41-18-16-38/h1-6,24-25,35H,7-22H2. The summed E-state index contributed by atoms with van der Waals surface area (Å²) in [5.74, 6) is 1.12. The van der Waals surface area contributed by atoms with Crippen LogP contribution in [0.3, 0.4) is 0 Å². The molecule has 3 aromatic rings. The minimum absolute atomic E-state index is 0.275. The number of nitrogens with one attached hydrogen (secondary N) is 1. The maximum Gasteiger partial charge on any atom is 0.318 e. The molecule has 1 saturated carbocycles. The van der Waals surface area contributed by atoms with Crippen molar-refractivity contribution in [2.24, 2.45) is 5.41 Å². The molecular formula is C33H41IN6O2. The van der Waals surface area contributed by atoms with Crippen molar-refractivity contribution in [3.05, 3.63) is 51.2 Å². The van der Waals surface area contributed by atoms with Gasteiger partial charge >= 0.3 is 6.01 Å². The summed E-state index contributed by atoms with van der Waals surface area (Å²) in [4.78, 5) is 17.9. The van der Waals surface area contributed by atoms with E-state index in [0.717, 1.165) is 77.0 Å². The van der Waals surface area contributed by atoms with E-state index in [1.165, 1.54) is 57.7 Å². The molecule has 4 fully saturated rings. The quantitative estimate of drug-likeness (QED) is 0.346. The number of piperazine rings is 1. The number of benzene rings is 2. The molecule has 8 rings (SSSR count). The van der Waals surface area contributed by atoms with Crippen LogP contribution >= 0.6 is 22.6 Å². The molecule has 4 aliphatic heterocycles. The molecule has 2 bridgehead atoms. The normalized spacial score (nSPS) is 25.1. The molecule has 42 heavy (non-hydrogen) atoms. The van der Waals surface area contributed by atoms with Crippen LogP contribution in [0.5, 0.6) is 6.01 Å². The SMILES string of the molecule is Ic1cccc2cccc(N3CCc4c(nc(OCC5(CCN6CCOCC6)CC5)nc4N4CC5CCC(C4)N5)C3)c12. The molecule has 222 valence electrons. The fourth-order valence-corrected chi connectivity index (χ4v) is 8.31. The zero-order valence-corrected chi connectivity index (χ0v) is 26.5. The average molecular weight is 681 g/mol. The third kappa shape index (κ3) is 5.46. The first-order valence-electron chi connectivity index (χ1n) is 15.9. The molecular weight excluding hydrogens is 639 g/mol. The van der Waals surface area contributed by atoms with E-state index < -0.39 is 0 Å². The zero-order valence-electron chi connectivity index (χ0n) is 24.4. The molecule has 5 heterocycles. The fourth-order valence-electron chi connectivity index (χ4n) is 7.51.